The Bertz CT molecular complexity index is 585. The van der Waals surface area contributed by atoms with Gasteiger partial charge >= 0.3 is 0 Å². The fourth-order valence-corrected chi connectivity index (χ4v) is 2.64. The van der Waals surface area contributed by atoms with Gasteiger partial charge in [0, 0.05) is 24.1 Å². The predicted octanol–water partition coefficient (Wildman–Crippen LogP) is 2.66. The molecule has 0 unspecified atom stereocenters. The molecule has 0 spiro atoms. The predicted molar refractivity (Wildman–Crippen MR) is 78.9 cm³/mol. The summed E-state index contributed by atoms with van der Waals surface area (Å²) >= 11 is 1.49. The maximum atomic E-state index is 10.8. The molecule has 20 heavy (non-hydrogen) atoms. The standard InChI is InChI=1S/C13H16N4O2S/c1-2-14-8-4-7-12-15-16-13(20-12)10-5-3-6-11(9-10)17(18)19/h3,5-6,9,14H,2,4,7-8H2,1H3. The number of hydrogen-bond acceptors (Lipinski definition) is 6. The number of aryl methyl sites for hydroxylation is 1. The lowest BCUT2D eigenvalue weighted by molar-refractivity contribution is -0.384. The molecule has 0 amide bonds. The molecule has 2 rings (SSSR count). The molecular formula is C13H16N4O2S. The summed E-state index contributed by atoms with van der Waals surface area (Å²) in [5.41, 5.74) is 0.820. The van der Waals surface area contributed by atoms with Crippen molar-refractivity contribution in [2.24, 2.45) is 0 Å². The van der Waals surface area contributed by atoms with Gasteiger partial charge in [0.05, 0.1) is 4.92 Å². The molecule has 6 nitrogen and oxygen atoms in total. The molecule has 1 heterocycles. The Hall–Kier alpha value is -1.86. The number of benzene rings is 1. The number of non-ortho nitro benzene ring substituents is 1. The quantitative estimate of drug-likeness (QED) is 0.482. The van der Waals surface area contributed by atoms with Gasteiger partial charge in [-0.25, -0.2) is 0 Å². The van der Waals surface area contributed by atoms with E-state index in [-0.39, 0.29) is 5.69 Å². The number of nitrogens with zero attached hydrogens (tertiary/aromatic N) is 3. The maximum Gasteiger partial charge on any atom is 0.270 e. The summed E-state index contributed by atoms with van der Waals surface area (Å²) in [7, 11) is 0. The van der Waals surface area contributed by atoms with Crippen LogP contribution in [0.4, 0.5) is 5.69 Å². The molecule has 0 atom stereocenters. The van der Waals surface area contributed by atoms with E-state index in [0.717, 1.165) is 41.5 Å². The van der Waals surface area contributed by atoms with Crippen LogP contribution in [0.1, 0.15) is 18.4 Å². The summed E-state index contributed by atoms with van der Waals surface area (Å²) in [6, 6.07) is 6.49. The van der Waals surface area contributed by atoms with Gasteiger partial charge in [0.15, 0.2) is 0 Å². The second kappa shape index (κ2) is 7.06. The number of aromatic nitrogens is 2. The molecule has 106 valence electrons. The fourth-order valence-electron chi connectivity index (χ4n) is 1.77. The summed E-state index contributed by atoms with van der Waals surface area (Å²) < 4.78 is 0. The third-order valence-electron chi connectivity index (χ3n) is 2.76. The van der Waals surface area contributed by atoms with Gasteiger partial charge in [0.1, 0.15) is 10.0 Å². The molecule has 7 heteroatoms. The summed E-state index contributed by atoms with van der Waals surface area (Å²) in [5.74, 6) is 0. The molecule has 0 aliphatic rings. The van der Waals surface area contributed by atoms with Crippen LogP contribution in [0.15, 0.2) is 24.3 Å². The van der Waals surface area contributed by atoms with E-state index in [4.69, 9.17) is 0 Å². The Kier molecular flexibility index (Phi) is 5.14. The number of rotatable bonds is 7. The van der Waals surface area contributed by atoms with Gasteiger partial charge in [-0.2, -0.15) is 0 Å². The Morgan fingerprint density at radius 3 is 3.00 bits per heavy atom. The fraction of sp³-hybridized carbons (Fsp3) is 0.385. The number of nitro groups is 1. The molecule has 0 bridgehead atoms. The molecule has 1 N–H and O–H groups in total. The first-order valence-corrected chi connectivity index (χ1v) is 7.30. The lowest BCUT2D eigenvalue weighted by Crippen LogP contribution is -2.14. The molecule has 0 fully saturated rings. The smallest absolute Gasteiger partial charge is 0.270 e. The van der Waals surface area contributed by atoms with Crippen LogP contribution in [-0.2, 0) is 6.42 Å². The zero-order valence-corrected chi connectivity index (χ0v) is 12.0. The van der Waals surface area contributed by atoms with Gasteiger partial charge < -0.3 is 5.32 Å². The van der Waals surface area contributed by atoms with Gasteiger partial charge in [-0.05, 0) is 19.5 Å². The van der Waals surface area contributed by atoms with E-state index in [9.17, 15) is 10.1 Å². The zero-order chi connectivity index (χ0) is 14.4. The van der Waals surface area contributed by atoms with Crippen LogP contribution >= 0.6 is 11.3 Å². The van der Waals surface area contributed by atoms with Crippen molar-refractivity contribution < 1.29 is 4.92 Å². The van der Waals surface area contributed by atoms with Crippen molar-refractivity contribution in [1.29, 1.82) is 0 Å². The first-order chi connectivity index (χ1) is 9.70. The van der Waals surface area contributed by atoms with Crippen molar-refractivity contribution in [2.45, 2.75) is 19.8 Å². The Labute approximate surface area is 121 Å². The summed E-state index contributed by atoms with van der Waals surface area (Å²) in [6.45, 7) is 4.00. The van der Waals surface area contributed by atoms with E-state index < -0.39 is 4.92 Å². The second-order valence-electron chi connectivity index (χ2n) is 4.27. The largest absolute Gasteiger partial charge is 0.317 e. The average Bonchev–Trinajstić information content (AvgIpc) is 2.92. The summed E-state index contributed by atoms with van der Waals surface area (Å²) in [5, 5.41) is 24.0. The van der Waals surface area contributed by atoms with Crippen LogP contribution in [-0.4, -0.2) is 28.2 Å². The highest BCUT2D eigenvalue weighted by atomic mass is 32.1. The summed E-state index contributed by atoms with van der Waals surface area (Å²) in [6.07, 6.45) is 1.89. The minimum absolute atomic E-state index is 0.0754. The monoisotopic (exact) mass is 292 g/mol. The molecule has 0 radical (unpaired) electrons. The highest BCUT2D eigenvalue weighted by Crippen LogP contribution is 2.26. The maximum absolute atomic E-state index is 10.8. The van der Waals surface area contributed by atoms with Crippen molar-refractivity contribution in [3.05, 3.63) is 39.4 Å². The van der Waals surface area contributed by atoms with Crippen molar-refractivity contribution in [2.75, 3.05) is 13.1 Å². The minimum Gasteiger partial charge on any atom is -0.317 e. The second-order valence-corrected chi connectivity index (χ2v) is 5.33. The van der Waals surface area contributed by atoms with Gasteiger partial charge in [0.2, 0.25) is 0 Å². The topological polar surface area (TPSA) is 81.0 Å². The molecular weight excluding hydrogens is 276 g/mol. The Balaban J connectivity index is 2.04. The van der Waals surface area contributed by atoms with E-state index in [1.165, 1.54) is 23.5 Å². The van der Waals surface area contributed by atoms with E-state index in [1.54, 1.807) is 6.07 Å². The Morgan fingerprint density at radius 2 is 2.25 bits per heavy atom. The lowest BCUT2D eigenvalue weighted by atomic mass is 10.2. The number of nitrogens with one attached hydrogen (secondary N) is 1. The number of nitro benzene ring substituents is 1. The van der Waals surface area contributed by atoms with Crippen molar-refractivity contribution in [1.82, 2.24) is 15.5 Å². The highest BCUT2D eigenvalue weighted by Gasteiger charge is 2.11. The van der Waals surface area contributed by atoms with Crippen LogP contribution in [0.25, 0.3) is 10.6 Å². The first-order valence-electron chi connectivity index (χ1n) is 6.48. The van der Waals surface area contributed by atoms with Gasteiger partial charge in [0.25, 0.3) is 5.69 Å². The third-order valence-corrected chi connectivity index (χ3v) is 3.80. The van der Waals surface area contributed by atoms with Crippen LogP contribution < -0.4 is 5.32 Å². The Morgan fingerprint density at radius 1 is 1.40 bits per heavy atom. The van der Waals surface area contributed by atoms with Gasteiger partial charge in [-0.1, -0.05) is 30.4 Å². The normalized spacial score (nSPS) is 10.7. The van der Waals surface area contributed by atoms with E-state index >= 15 is 0 Å². The molecule has 0 saturated heterocycles. The minimum atomic E-state index is -0.401. The highest BCUT2D eigenvalue weighted by molar-refractivity contribution is 7.14. The van der Waals surface area contributed by atoms with Gasteiger partial charge in [-0.15, -0.1) is 10.2 Å². The van der Waals surface area contributed by atoms with Crippen LogP contribution in [0.3, 0.4) is 0 Å². The van der Waals surface area contributed by atoms with Crippen molar-refractivity contribution in [3.63, 3.8) is 0 Å². The van der Waals surface area contributed by atoms with Crippen LogP contribution in [0, 0.1) is 10.1 Å². The van der Waals surface area contributed by atoms with Crippen LogP contribution in [0.5, 0.6) is 0 Å². The lowest BCUT2D eigenvalue weighted by Gasteiger charge is -1.98. The molecule has 0 aliphatic heterocycles. The van der Waals surface area contributed by atoms with E-state index in [0.29, 0.717) is 0 Å². The molecule has 0 aliphatic carbocycles. The summed E-state index contributed by atoms with van der Waals surface area (Å²) in [4.78, 5) is 10.4. The van der Waals surface area contributed by atoms with Crippen LogP contribution in [0.2, 0.25) is 0 Å². The molecule has 0 saturated carbocycles. The number of hydrogen-bond donors (Lipinski definition) is 1. The van der Waals surface area contributed by atoms with Gasteiger partial charge in [-0.3, -0.25) is 10.1 Å². The van der Waals surface area contributed by atoms with E-state index in [2.05, 4.69) is 22.4 Å². The van der Waals surface area contributed by atoms with Crippen molar-refractivity contribution >= 4 is 17.0 Å². The average molecular weight is 292 g/mol. The molecule has 1 aromatic carbocycles. The zero-order valence-electron chi connectivity index (χ0n) is 11.2. The molecule has 2 aromatic rings. The van der Waals surface area contributed by atoms with Crippen molar-refractivity contribution in [3.8, 4) is 10.6 Å². The SMILES string of the molecule is CCNCCCc1nnc(-c2cccc([N+](=O)[O-])c2)s1. The van der Waals surface area contributed by atoms with E-state index in [1.807, 2.05) is 6.07 Å². The first kappa shape index (κ1) is 14.5. The third kappa shape index (κ3) is 3.82. The molecule has 1 aromatic heterocycles.